The van der Waals surface area contributed by atoms with E-state index in [1.54, 1.807) is 0 Å². The van der Waals surface area contributed by atoms with Crippen LogP contribution in [-0.4, -0.2) is 17.2 Å². The van der Waals surface area contributed by atoms with Gasteiger partial charge in [0.1, 0.15) is 0 Å². The van der Waals surface area contributed by atoms with E-state index in [1.165, 1.54) is 44.9 Å². The molecule has 1 aliphatic carbocycles. The minimum atomic E-state index is -0.0642. The molecular weight excluding hydrogens is 234 g/mol. The lowest BCUT2D eigenvalue weighted by Crippen LogP contribution is -2.45. The molecule has 1 heterocycles. The van der Waals surface area contributed by atoms with Gasteiger partial charge in [0.2, 0.25) is 0 Å². The van der Waals surface area contributed by atoms with Crippen LogP contribution in [0.1, 0.15) is 79.1 Å². The minimum absolute atomic E-state index is 0.00654. The molecule has 1 saturated heterocycles. The van der Waals surface area contributed by atoms with Crippen molar-refractivity contribution >= 4 is 0 Å². The summed E-state index contributed by atoms with van der Waals surface area (Å²) in [7, 11) is 0. The van der Waals surface area contributed by atoms with Crippen molar-refractivity contribution < 1.29 is 4.74 Å². The standard InChI is InChI=1S/C17H33NO/c1-16(2)12-14(17(3,4)19-16)15(18)13-10-8-6-5-7-9-11-13/h13-15H,5-12,18H2,1-4H3. The van der Waals surface area contributed by atoms with Crippen molar-refractivity contribution in [3.05, 3.63) is 0 Å². The second-order valence-electron chi connectivity index (χ2n) is 7.96. The number of rotatable bonds is 2. The van der Waals surface area contributed by atoms with Gasteiger partial charge in [-0.05, 0) is 52.9 Å². The van der Waals surface area contributed by atoms with Gasteiger partial charge in [-0.15, -0.1) is 0 Å². The monoisotopic (exact) mass is 267 g/mol. The largest absolute Gasteiger partial charge is 0.369 e. The Hall–Kier alpha value is -0.0800. The van der Waals surface area contributed by atoms with Gasteiger partial charge in [0.25, 0.3) is 0 Å². The van der Waals surface area contributed by atoms with Gasteiger partial charge >= 0.3 is 0 Å². The van der Waals surface area contributed by atoms with E-state index in [9.17, 15) is 0 Å². The van der Waals surface area contributed by atoms with E-state index >= 15 is 0 Å². The number of hydrogen-bond acceptors (Lipinski definition) is 2. The van der Waals surface area contributed by atoms with Gasteiger partial charge in [-0.2, -0.15) is 0 Å². The Balaban J connectivity index is 2.03. The van der Waals surface area contributed by atoms with Crippen LogP contribution in [0.15, 0.2) is 0 Å². The lowest BCUT2D eigenvalue weighted by Gasteiger charge is -2.36. The molecule has 2 rings (SSSR count). The van der Waals surface area contributed by atoms with Gasteiger partial charge < -0.3 is 10.5 Å². The molecule has 0 bridgehead atoms. The number of ether oxygens (including phenoxy) is 1. The van der Waals surface area contributed by atoms with Gasteiger partial charge in [0, 0.05) is 12.0 Å². The highest BCUT2D eigenvalue weighted by molar-refractivity contribution is 5.00. The zero-order chi connectivity index (χ0) is 14.1. The van der Waals surface area contributed by atoms with Crippen molar-refractivity contribution in [1.29, 1.82) is 0 Å². The lowest BCUT2D eigenvalue weighted by atomic mass is 9.73. The summed E-state index contributed by atoms with van der Waals surface area (Å²) in [5.41, 5.74) is 6.62. The van der Waals surface area contributed by atoms with Crippen LogP contribution in [0.2, 0.25) is 0 Å². The highest BCUT2D eigenvalue weighted by atomic mass is 16.5. The summed E-state index contributed by atoms with van der Waals surface area (Å²) in [6, 6.07) is 0.315. The van der Waals surface area contributed by atoms with Crippen LogP contribution in [0, 0.1) is 11.8 Å². The maximum absolute atomic E-state index is 6.69. The molecule has 19 heavy (non-hydrogen) atoms. The third-order valence-corrected chi connectivity index (χ3v) is 5.30. The van der Waals surface area contributed by atoms with Crippen molar-refractivity contribution in [3.8, 4) is 0 Å². The molecule has 0 aromatic carbocycles. The van der Waals surface area contributed by atoms with Gasteiger partial charge in [0.05, 0.1) is 11.2 Å². The molecule has 0 radical (unpaired) electrons. The summed E-state index contributed by atoms with van der Waals surface area (Å²) in [6.45, 7) is 8.88. The first-order chi connectivity index (χ1) is 8.82. The summed E-state index contributed by atoms with van der Waals surface area (Å²) >= 11 is 0. The zero-order valence-electron chi connectivity index (χ0n) is 13.4. The van der Waals surface area contributed by atoms with Gasteiger partial charge in [-0.25, -0.2) is 0 Å². The molecule has 2 N–H and O–H groups in total. The molecule has 2 fully saturated rings. The second-order valence-corrected chi connectivity index (χ2v) is 7.96. The molecule has 2 aliphatic rings. The Morgan fingerprint density at radius 3 is 1.95 bits per heavy atom. The number of nitrogens with two attached hydrogens (primary N) is 1. The van der Waals surface area contributed by atoms with Gasteiger partial charge in [0.15, 0.2) is 0 Å². The third kappa shape index (κ3) is 3.72. The van der Waals surface area contributed by atoms with E-state index in [1.807, 2.05) is 0 Å². The summed E-state index contributed by atoms with van der Waals surface area (Å²) in [4.78, 5) is 0. The second kappa shape index (κ2) is 5.73. The topological polar surface area (TPSA) is 35.2 Å². The van der Waals surface area contributed by atoms with Crippen LogP contribution in [0.4, 0.5) is 0 Å². The SMILES string of the molecule is CC1(C)CC(C(N)C2CCCCCCC2)C(C)(C)O1. The first-order valence-corrected chi connectivity index (χ1v) is 8.28. The van der Waals surface area contributed by atoms with Crippen molar-refractivity contribution in [2.75, 3.05) is 0 Å². The highest BCUT2D eigenvalue weighted by Gasteiger charge is 2.49. The fraction of sp³-hybridized carbons (Fsp3) is 1.00. The third-order valence-electron chi connectivity index (χ3n) is 5.30. The van der Waals surface area contributed by atoms with Crippen molar-refractivity contribution in [3.63, 3.8) is 0 Å². The molecule has 0 amide bonds. The maximum atomic E-state index is 6.69. The van der Waals surface area contributed by atoms with E-state index in [-0.39, 0.29) is 11.2 Å². The Labute approximate surface area is 119 Å². The molecule has 0 spiro atoms. The smallest absolute Gasteiger partial charge is 0.0677 e. The molecule has 1 aliphatic heterocycles. The first kappa shape index (κ1) is 15.3. The summed E-state index contributed by atoms with van der Waals surface area (Å²) in [5, 5.41) is 0. The predicted octanol–water partition coefficient (Wildman–Crippen LogP) is 4.27. The van der Waals surface area contributed by atoms with E-state index in [4.69, 9.17) is 10.5 Å². The van der Waals surface area contributed by atoms with Crippen LogP contribution < -0.4 is 5.73 Å². The summed E-state index contributed by atoms with van der Waals surface area (Å²) < 4.78 is 6.24. The molecule has 112 valence electrons. The molecular formula is C17H33NO. The average Bonchev–Trinajstić information content (AvgIpc) is 2.45. The number of hydrogen-bond donors (Lipinski definition) is 1. The van der Waals surface area contributed by atoms with Crippen molar-refractivity contribution in [2.45, 2.75) is 96.3 Å². The lowest BCUT2D eigenvalue weighted by molar-refractivity contribution is -0.0785. The molecule has 0 aromatic heterocycles. The normalized spacial score (nSPS) is 33.6. The highest BCUT2D eigenvalue weighted by Crippen LogP contribution is 2.45. The van der Waals surface area contributed by atoms with Crippen LogP contribution in [-0.2, 0) is 4.74 Å². The van der Waals surface area contributed by atoms with Crippen molar-refractivity contribution in [1.82, 2.24) is 0 Å². The Bertz CT molecular complexity index is 290. The Morgan fingerprint density at radius 2 is 1.47 bits per heavy atom. The summed E-state index contributed by atoms with van der Waals surface area (Å²) in [5.74, 6) is 1.22. The quantitative estimate of drug-likeness (QED) is 0.811. The van der Waals surface area contributed by atoms with E-state index in [0.717, 1.165) is 6.42 Å². The Kier molecular flexibility index (Phi) is 4.62. The molecule has 2 unspecified atom stereocenters. The molecule has 1 saturated carbocycles. The van der Waals surface area contributed by atoms with Crippen LogP contribution in [0.3, 0.4) is 0 Å². The fourth-order valence-corrected chi connectivity index (χ4v) is 4.41. The molecule has 2 nitrogen and oxygen atoms in total. The van der Waals surface area contributed by atoms with Crippen LogP contribution >= 0.6 is 0 Å². The van der Waals surface area contributed by atoms with Crippen LogP contribution in [0.5, 0.6) is 0 Å². The average molecular weight is 267 g/mol. The molecule has 2 heteroatoms. The molecule has 2 atom stereocenters. The van der Waals surface area contributed by atoms with E-state index < -0.39 is 0 Å². The Morgan fingerprint density at radius 1 is 0.947 bits per heavy atom. The van der Waals surface area contributed by atoms with Crippen LogP contribution in [0.25, 0.3) is 0 Å². The fourth-order valence-electron chi connectivity index (χ4n) is 4.41. The zero-order valence-corrected chi connectivity index (χ0v) is 13.4. The summed E-state index contributed by atoms with van der Waals surface area (Å²) in [6.07, 6.45) is 10.7. The van der Waals surface area contributed by atoms with Gasteiger partial charge in [-0.1, -0.05) is 32.1 Å². The maximum Gasteiger partial charge on any atom is 0.0677 e. The van der Waals surface area contributed by atoms with Crippen molar-refractivity contribution in [2.24, 2.45) is 17.6 Å². The predicted molar refractivity (Wildman–Crippen MR) is 81.1 cm³/mol. The van der Waals surface area contributed by atoms with E-state index in [2.05, 4.69) is 27.7 Å². The molecule has 0 aromatic rings. The van der Waals surface area contributed by atoms with E-state index in [0.29, 0.717) is 17.9 Å². The van der Waals surface area contributed by atoms with Gasteiger partial charge in [-0.3, -0.25) is 0 Å². The first-order valence-electron chi connectivity index (χ1n) is 8.28. The minimum Gasteiger partial charge on any atom is -0.369 e.